The molecule has 2 saturated heterocycles. The highest BCUT2D eigenvalue weighted by Gasteiger charge is 2.65. The van der Waals surface area contributed by atoms with Gasteiger partial charge < -0.3 is 25.1 Å². The summed E-state index contributed by atoms with van der Waals surface area (Å²) in [6.07, 6.45) is -0.637. The van der Waals surface area contributed by atoms with Gasteiger partial charge >= 0.3 is 0 Å². The van der Waals surface area contributed by atoms with Crippen molar-refractivity contribution in [2.45, 2.75) is 43.5 Å². The van der Waals surface area contributed by atoms with E-state index in [9.17, 15) is 10.4 Å². The number of nitriles is 1. The van der Waals surface area contributed by atoms with Gasteiger partial charge in [0.15, 0.2) is 11.6 Å². The summed E-state index contributed by atoms with van der Waals surface area (Å²) in [6.45, 7) is 3.24. The number of fused-ring (bicyclic) bond motifs is 2. The van der Waals surface area contributed by atoms with Crippen LogP contribution < -0.4 is 5.73 Å². The minimum Gasteiger partial charge on any atom is -0.394 e. The van der Waals surface area contributed by atoms with Gasteiger partial charge in [-0.1, -0.05) is 0 Å². The Bertz CT molecular complexity index is 844. The Kier molecular flexibility index (Phi) is 3.10. The van der Waals surface area contributed by atoms with E-state index in [4.69, 9.17) is 19.9 Å². The van der Waals surface area contributed by atoms with Gasteiger partial charge in [0.2, 0.25) is 5.60 Å². The van der Waals surface area contributed by atoms with Crippen molar-refractivity contribution in [3.8, 4) is 6.07 Å². The number of hydrogen-bond acceptors (Lipinski definition) is 8. The third-order valence-corrected chi connectivity index (χ3v) is 4.44. The second-order valence-corrected chi connectivity index (χ2v) is 6.37. The van der Waals surface area contributed by atoms with Crippen LogP contribution in [0.1, 0.15) is 19.5 Å². The van der Waals surface area contributed by atoms with Crippen molar-refractivity contribution in [2.24, 2.45) is 0 Å². The number of nitrogens with zero attached hydrogens (tertiary/aromatic N) is 4. The van der Waals surface area contributed by atoms with E-state index in [1.54, 1.807) is 26.0 Å². The van der Waals surface area contributed by atoms with Crippen LogP contribution in [0.2, 0.25) is 0 Å². The van der Waals surface area contributed by atoms with Crippen LogP contribution in [0.5, 0.6) is 0 Å². The minimum atomic E-state index is -1.47. The number of rotatable bonds is 2. The summed E-state index contributed by atoms with van der Waals surface area (Å²) in [4.78, 5) is 3.94. The predicted molar refractivity (Wildman–Crippen MR) is 80.5 cm³/mol. The maximum absolute atomic E-state index is 9.97. The molecule has 24 heavy (non-hydrogen) atoms. The normalized spacial score (nSPS) is 34.3. The summed E-state index contributed by atoms with van der Waals surface area (Å²) in [5, 5.41) is 23.8. The van der Waals surface area contributed by atoms with E-state index in [-0.39, 0.29) is 6.61 Å². The average molecular weight is 331 g/mol. The van der Waals surface area contributed by atoms with Crippen LogP contribution in [0, 0.1) is 11.3 Å². The lowest BCUT2D eigenvalue weighted by atomic mass is 9.92. The fourth-order valence-electron chi connectivity index (χ4n) is 3.48. The van der Waals surface area contributed by atoms with Crippen LogP contribution in [-0.4, -0.2) is 50.4 Å². The summed E-state index contributed by atoms with van der Waals surface area (Å²) in [7, 11) is 0. The highest BCUT2D eigenvalue weighted by molar-refractivity contribution is 5.66. The predicted octanol–water partition coefficient (Wildman–Crippen LogP) is -0.0584. The number of nitrogen functional groups attached to an aromatic ring is 1. The molecule has 2 aliphatic rings. The summed E-state index contributed by atoms with van der Waals surface area (Å²) in [6, 6.07) is 5.63. The van der Waals surface area contributed by atoms with Crippen LogP contribution >= 0.6 is 0 Å². The summed E-state index contributed by atoms with van der Waals surface area (Å²) < 4.78 is 19.2. The molecule has 0 unspecified atom stereocenters. The Balaban J connectivity index is 1.90. The van der Waals surface area contributed by atoms with Gasteiger partial charge in [-0.25, -0.2) is 9.50 Å². The SMILES string of the molecule is CC1(C)O[C@H]2[C@@H](O1)[C@](C#N)(c1ccc3c(N)ncnn13)O[C@@H]2CO. The number of hydrogen-bond donors (Lipinski definition) is 2. The number of ether oxygens (including phenoxy) is 3. The number of aromatic nitrogens is 3. The van der Waals surface area contributed by atoms with Gasteiger partial charge in [0.1, 0.15) is 36.2 Å². The smallest absolute Gasteiger partial charge is 0.226 e. The molecule has 3 N–H and O–H groups in total. The number of aliphatic hydroxyl groups is 1. The molecule has 0 aromatic carbocycles. The number of nitrogens with two attached hydrogens (primary N) is 1. The van der Waals surface area contributed by atoms with E-state index in [0.29, 0.717) is 17.0 Å². The molecule has 2 aliphatic heterocycles. The van der Waals surface area contributed by atoms with E-state index >= 15 is 0 Å². The molecule has 9 nitrogen and oxygen atoms in total. The molecule has 2 fully saturated rings. The van der Waals surface area contributed by atoms with E-state index < -0.39 is 29.7 Å². The van der Waals surface area contributed by atoms with Gasteiger partial charge in [0.25, 0.3) is 0 Å². The van der Waals surface area contributed by atoms with Crippen LogP contribution in [0.25, 0.3) is 5.52 Å². The maximum atomic E-state index is 9.97. The lowest BCUT2D eigenvalue weighted by Gasteiger charge is -2.28. The summed E-state index contributed by atoms with van der Waals surface area (Å²) in [5.74, 6) is -0.586. The summed E-state index contributed by atoms with van der Waals surface area (Å²) in [5.41, 5.74) is 5.41. The van der Waals surface area contributed by atoms with Gasteiger partial charge in [-0.3, -0.25) is 0 Å². The van der Waals surface area contributed by atoms with E-state index in [1.165, 1.54) is 10.8 Å². The van der Waals surface area contributed by atoms with Crippen molar-refractivity contribution in [3.63, 3.8) is 0 Å². The minimum absolute atomic E-state index is 0.287. The second-order valence-electron chi connectivity index (χ2n) is 6.37. The van der Waals surface area contributed by atoms with Crippen molar-refractivity contribution in [1.82, 2.24) is 14.6 Å². The van der Waals surface area contributed by atoms with Gasteiger partial charge in [0, 0.05) is 0 Å². The fraction of sp³-hybridized carbons (Fsp3) is 0.533. The quantitative estimate of drug-likeness (QED) is 0.783. The van der Waals surface area contributed by atoms with Crippen LogP contribution in [0.3, 0.4) is 0 Å². The summed E-state index contributed by atoms with van der Waals surface area (Å²) >= 11 is 0. The molecule has 0 spiro atoms. The fourth-order valence-corrected chi connectivity index (χ4v) is 3.48. The Morgan fingerprint density at radius 3 is 2.88 bits per heavy atom. The number of anilines is 1. The van der Waals surface area contributed by atoms with E-state index in [0.717, 1.165) is 0 Å². The van der Waals surface area contributed by atoms with E-state index in [2.05, 4.69) is 16.2 Å². The lowest BCUT2D eigenvalue weighted by molar-refractivity contribution is -0.204. The Morgan fingerprint density at radius 2 is 2.17 bits per heavy atom. The maximum Gasteiger partial charge on any atom is 0.226 e. The third-order valence-electron chi connectivity index (χ3n) is 4.44. The van der Waals surface area contributed by atoms with Crippen molar-refractivity contribution >= 4 is 11.3 Å². The van der Waals surface area contributed by atoms with Crippen LogP contribution in [0.4, 0.5) is 5.82 Å². The molecule has 2 aromatic heterocycles. The van der Waals surface area contributed by atoms with Gasteiger partial charge in [-0.05, 0) is 26.0 Å². The molecule has 126 valence electrons. The van der Waals surface area contributed by atoms with Gasteiger partial charge in [0.05, 0.1) is 12.3 Å². The number of aliphatic hydroxyl groups excluding tert-OH is 1. The molecule has 2 aromatic rings. The standard InChI is InChI=1S/C15H17N5O4/c1-14(2)23-11-9(5-21)22-15(6-16,12(11)24-14)10-4-3-8-13(17)18-7-19-20(8)10/h3-4,7,9,11-12,21H,5H2,1-2H3,(H2,17,18,19)/t9-,11-,12-,15+/m1/s1. The largest absolute Gasteiger partial charge is 0.394 e. The highest BCUT2D eigenvalue weighted by Crippen LogP contribution is 2.49. The molecular weight excluding hydrogens is 314 g/mol. The first kappa shape index (κ1) is 15.3. The Labute approximate surface area is 137 Å². The zero-order valence-electron chi connectivity index (χ0n) is 13.2. The molecule has 0 saturated carbocycles. The van der Waals surface area contributed by atoms with Crippen molar-refractivity contribution in [3.05, 3.63) is 24.2 Å². The highest BCUT2D eigenvalue weighted by atomic mass is 16.8. The molecule has 4 atom stereocenters. The molecule has 4 heterocycles. The average Bonchev–Trinajstić information content (AvgIpc) is 3.18. The van der Waals surface area contributed by atoms with Crippen molar-refractivity contribution < 1.29 is 19.3 Å². The first-order chi connectivity index (χ1) is 11.4. The van der Waals surface area contributed by atoms with Crippen LogP contribution in [0.15, 0.2) is 18.5 Å². The zero-order chi connectivity index (χ0) is 17.1. The van der Waals surface area contributed by atoms with Gasteiger partial charge in [-0.15, -0.1) is 0 Å². The van der Waals surface area contributed by atoms with E-state index in [1.807, 2.05) is 0 Å². The zero-order valence-corrected chi connectivity index (χ0v) is 13.2. The second kappa shape index (κ2) is 4.87. The molecule has 9 heteroatoms. The van der Waals surface area contributed by atoms with Crippen molar-refractivity contribution in [1.29, 1.82) is 5.26 Å². The Hall–Kier alpha value is -2.25. The first-order valence-electron chi connectivity index (χ1n) is 7.56. The Morgan fingerprint density at radius 1 is 1.38 bits per heavy atom. The molecule has 0 aliphatic carbocycles. The lowest BCUT2D eigenvalue weighted by Crippen LogP contribution is -2.40. The third kappa shape index (κ3) is 1.88. The first-order valence-corrected chi connectivity index (χ1v) is 7.56. The molecule has 4 rings (SSSR count). The molecular formula is C15H17N5O4. The molecule has 0 amide bonds. The molecule has 0 bridgehead atoms. The topological polar surface area (TPSA) is 128 Å². The van der Waals surface area contributed by atoms with Crippen molar-refractivity contribution in [2.75, 3.05) is 12.3 Å². The monoisotopic (exact) mass is 331 g/mol. The van der Waals surface area contributed by atoms with Crippen LogP contribution in [-0.2, 0) is 19.8 Å². The van der Waals surface area contributed by atoms with Gasteiger partial charge in [-0.2, -0.15) is 10.4 Å². The molecule has 0 radical (unpaired) electrons.